The van der Waals surface area contributed by atoms with E-state index in [4.69, 9.17) is 0 Å². The van der Waals surface area contributed by atoms with Gasteiger partial charge in [0.15, 0.2) is 0 Å². The fourth-order valence-electron chi connectivity index (χ4n) is 0.531. The molecule has 0 radical (unpaired) electrons. The van der Waals surface area contributed by atoms with Crippen LogP contribution in [0.3, 0.4) is 0 Å². The first-order valence-electron chi connectivity index (χ1n) is 2.93. The summed E-state index contributed by atoms with van der Waals surface area (Å²) >= 11 is 2.03. The van der Waals surface area contributed by atoms with E-state index < -0.39 is 10.0 Å². The fourth-order valence-corrected chi connectivity index (χ4v) is 1.25. The van der Waals surface area contributed by atoms with Gasteiger partial charge in [0.05, 0.1) is 6.26 Å². The molecule has 1 heterocycles. The number of hydrogen-bond acceptors (Lipinski definition) is 4. The first-order valence-corrected chi connectivity index (χ1v) is 5.90. The molecule has 12 heavy (non-hydrogen) atoms. The summed E-state index contributed by atoms with van der Waals surface area (Å²) in [6, 6.07) is 0. The quantitative estimate of drug-likeness (QED) is 0.805. The van der Waals surface area contributed by atoms with Crippen LogP contribution in [0.25, 0.3) is 0 Å². The number of rotatable bonds is 2. The van der Waals surface area contributed by atoms with E-state index in [-0.39, 0.29) is 5.95 Å². The van der Waals surface area contributed by atoms with Crippen LogP contribution in [0.1, 0.15) is 0 Å². The molecule has 7 heteroatoms. The molecular formula is C5H6IN3O2S. The van der Waals surface area contributed by atoms with Crippen molar-refractivity contribution in [3.05, 3.63) is 16.0 Å². The summed E-state index contributed by atoms with van der Waals surface area (Å²) in [6.07, 6.45) is 4.11. The molecule has 0 aliphatic carbocycles. The van der Waals surface area contributed by atoms with E-state index in [9.17, 15) is 8.42 Å². The third-order valence-electron chi connectivity index (χ3n) is 0.897. The second-order valence-corrected chi connectivity index (χ2v) is 5.09. The molecule has 0 spiro atoms. The maximum Gasteiger partial charge on any atom is 0.236 e. The minimum Gasteiger partial charge on any atom is -0.251 e. The van der Waals surface area contributed by atoms with Gasteiger partial charge in [-0.2, -0.15) is 0 Å². The average molecular weight is 299 g/mol. The Bertz CT molecular complexity index is 361. The fraction of sp³-hybridized carbons (Fsp3) is 0.200. The molecule has 0 bridgehead atoms. The van der Waals surface area contributed by atoms with Crippen LogP contribution >= 0.6 is 22.6 Å². The summed E-state index contributed by atoms with van der Waals surface area (Å²) in [4.78, 5) is 7.51. The Balaban J connectivity index is 2.85. The van der Waals surface area contributed by atoms with Crippen molar-refractivity contribution in [2.75, 3.05) is 11.0 Å². The second-order valence-electron chi connectivity index (χ2n) is 2.10. The lowest BCUT2D eigenvalue weighted by Crippen LogP contribution is -2.11. The van der Waals surface area contributed by atoms with E-state index in [1.807, 2.05) is 22.6 Å². The Labute approximate surface area is 83.8 Å². The standard InChI is InChI=1S/C5H6IN3O2S/c1-12(10,11)9-5-7-2-4(6)3-8-5/h2-3H,1H3,(H,7,8,9). The predicted molar refractivity (Wildman–Crippen MR) is 53.2 cm³/mol. The molecule has 0 saturated heterocycles. The minimum absolute atomic E-state index is 0.0953. The van der Waals surface area contributed by atoms with Gasteiger partial charge in [-0.15, -0.1) is 0 Å². The SMILES string of the molecule is CS(=O)(=O)Nc1ncc(I)cn1. The van der Waals surface area contributed by atoms with Crippen LogP contribution in [0.2, 0.25) is 0 Å². The summed E-state index contributed by atoms with van der Waals surface area (Å²) in [5, 5.41) is 0. The van der Waals surface area contributed by atoms with Gasteiger partial charge in [0.1, 0.15) is 0 Å². The van der Waals surface area contributed by atoms with Crippen molar-refractivity contribution in [3.8, 4) is 0 Å². The van der Waals surface area contributed by atoms with Gasteiger partial charge < -0.3 is 0 Å². The molecule has 0 amide bonds. The molecule has 0 saturated carbocycles. The molecule has 5 nitrogen and oxygen atoms in total. The van der Waals surface area contributed by atoms with Gasteiger partial charge in [-0.1, -0.05) is 0 Å². The van der Waals surface area contributed by atoms with Gasteiger partial charge in [-0.05, 0) is 22.6 Å². The van der Waals surface area contributed by atoms with Crippen molar-refractivity contribution < 1.29 is 8.42 Å². The number of nitrogens with zero attached hydrogens (tertiary/aromatic N) is 2. The first kappa shape index (κ1) is 9.65. The smallest absolute Gasteiger partial charge is 0.236 e. The Morgan fingerprint density at radius 1 is 1.42 bits per heavy atom. The monoisotopic (exact) mass is 299 g/mol. The Kier molecular flexibility index (Phi) is 2.83. The van der Waals surface area contributed by atoms with Gasteiger partial charge in [0.25, 0.3) is 0 Å². The summed E-state index contributed by atoms with van der Waals surface area (Å²) in [7, 11) is -3.27. The zero-order valence-corrected chi connectivity index (χ0v) is 9.13. The lowest BCUT2D eigenvalue weighted by molar-refractivity contribution is 0.606. The van der Waals surface area contributed by atoms with E-state index in [0.29, 0.717) is 0 Å². The minimum atomic E-state index is -3.27. The summed E-state index contributed by atoms with van der Waals surface area (Å²) in [6.45, 7) is 0. The summed E-state index contributed by atoms with van der Waals surface area (Å²) < 4.78 is 24.4. The van der Waals surface area contributed by atoms with Crippen LogP contribution in [-0.2, 0) is 10.0 Å². The number of aromatic nitrogens is 2. The average Bonchev–Trinajstić information content (AvgIpc) is 1.91. The molecule has 1 rings (SSSR count). The molecule has 1 aromatic rings. The van der Waals surface area contributed by atoms with Crippen molar-refractivity contribution in [3.63, 3.8) is 0 Å². The lowest BCUT2D eigenvalue weighted by Gasteiger charge is -1.99. The van der Waals surface area contributed by atoms with Crippen LogP contribution in [0.15, 0.2) is 12.4 Å². The van der Waals surface area contributed by atoms with E-state index in [0.717, 1.165) is 9.83 Å². The largest absolute Gasteiger partial charge is 0.251 e. The zero-order chi connectivity index (χ0) is 9.19. The number of sulfonamides is 1. The van der Waals surface area contributed by atoms with Crippen molar-refractivity contribution in [1.82, 2.24) is 9.97 Å². The molecule has 0 unspecified atom stereocenters. The third kappa shape index (κ3) is 3.30. The highest BCUT2D eigenvalue weighted by molar-refractivity contribution is 14.1. The highest BCUT2D eigenvalue weighted by atomic mass is 127. The molecule has 66 valence electrons. The number of hydrogen-bond donors (Lipinski definition) is 1. The topological polar surface area (TPSA) is 72.0 Å². The highest BCUT2D eigenvalue weighted by Crippen LogP contribution is 2.03. The third-order valence-corrected chi connectivity index (χ3v) is 2.01. The Hall–Kier alpha value is -0.440. The number of nitrogens with one attached hydrogen (secondary N) is 1. The van der Waals surface area contributed by atoms with Crippen LogP contribution in [-0.4, -0.2) is 24.6 Å². The maximum atomic E-state index is 10.7. The molecular weight excluding hydrogens is 293 g/mol. The molecule has 0 aromatic carbocycles. The van der Waals surface area contributed by atoms with Crippen LogP contribution < -0.4 is 4.72 Å². The first-order chi connectivity index (χ1) is 5.47. The van der Waals surface area contributed by atoms with Gasteiger partial charge in [0, 0.05) is 16.0 Å². The van der Waals surface area contributed by atoms with E-state index >= 15 is 0 Å². The number of anilines is 1. The molecule has 0 atom stereocenters. The Morgan fingerprint density at radius 2 is 1.92 bits per heavy atom. The van der Waals surface area contributed by atoms with Crippen molar-refractivity contribution in [2.45, 2.75) is 0 Å². The van der Waals surface area contributed by atoms with E-state index in [1.54, 1.807) is 0 Å². The van der Waals surface area contributed by atoms with Crippen molar-refractivity contribution >= 4 is 38.6 Å². The number of halogens is 1. The van der Waals surface area contributed by atoms with Crippen LogP contribution in [0, 0.1) is 3.57 Å². The molecule has 0 aliphatic heterocycles. The van der Waals surface area contributed by atoms with Gasteiger partial charge in [-0.25, -0.2) is 18.4 Å². The summed E-state index contributed by atoms with van der Waals surface area (Å²) in [5.41, 5.74) is 0. The van der Waals surface area contributed by atoms with Crippen LogP contribution in [0.4, 0.5) is 5.95 Å². The molecule has 0 aliphatic rings. The molecule has 0 fully saturated rings. The Morgan fingerprint density at radius 3 is 2.33 bits per heavy atom. The predicted octanol–water partition coefficient (Wildman–Crippen LogP) is 0.453. The van der Waals surface area contributed by atoms with E-state index in [2.05, 4.69) is 14.7 Å². The normalized spacial score (nSPS) is 11.2. The van der Waals surface area contributed by atoms with Crippen molar-refractivity contribution in [1.29, 1.82) is 0 Å². The lowest BCUT2D eigenvalue weighted by atomic mass is 10.7. The van der Waals surface area contributed by atoms with Crippen molar-refractivity contribution in [2.24, 2.45) is 0 Å². The molecule has 1 N–H and O–H groups in total. The van der Waals surface area contributed by atoms with E-state index in [1.165, 1.54) is 12.4 Å². The highest BCUT2D eigenvalue weighted by Gasteiger charge is 2.02. The van der Waals surface area contributed by atoms with Crippen LogP contribution in [0.5, 0.6) is 0 Å². The zero-order valence-electron chi connectivity index (χ0n) is 6.15. The summed E-state index contributed by atoms with van der Waals surface area (Å²) in [5.74, 6) is 0.0953. The van der Waals surface area contributed by atoms with Gasteiger partial charge in [0.2, 0.25) is 16.0 Å². The van der Waals surface area contributed by atoms with Gasteiger partial charge >= 0.3 is 0 Å². The molecule has 1 aromatic heterocycles. The van der Waals surface area contributed by atoms with Gasteiger partial charge in [-0.3, -0.25) is 4.72 Å². The second kappa shape index (κ2) is 3.52. The maximum absolute atomic E-state index is 10.7.